The van der Waals surface area contributed by atoms with E-state index in [2.05, 4.69) is 26.6 Å². The average molecular weight is 1830 g/mol. The van der Waals surface area contributed by atoms with Crippen molar-refractivity contribution in [2.24, 2.45) is 0 Å². The summed E-state index contributed by atoms with van der Waals surface area (Å²) < 4.78 is 106. The quantitative estimate of drug-likeness (QED) is 0.0255. The largest absolute Gasteiger partial charge is 0.544 e. The molecule has 0 aliphatic carbocycles. The van der Waals surface area contributed by atoms with Gasteiger partial charge in [-0.3, -0.25) is 24.0 Å². The molecule has 47 atom stereocenters. The Hall–Kier alpha value is -4.94. The van der Waals surface area contributed by atoms with E-state index in [1.807, 2.05) is 0 Å². The van der Waals surface area contributed by atoms with Gasteiger partial charge in [-0.25, -0.2) is 0 Å². The lowest BCUT2D eigenvalue weighted by Crippen LogP contribution is -2.72. The molecule has 9 heterocycles. The molecule has 56 heteroatoms. The van der Waals surface area contributed by atoms with Crippen LogP contribution >= 0.6 is 0 Å². The van der Waals surface area contributed by atoms with Gasteiger partial charge >= 0.3 is 0 Å². The van der Waals surface area contributed by atoms with Gasteiger partial charge in [-0.05, 0) is 0 Å². The number of hydrogen-bond acceptors (Lipinski definition) is 51. The van der Waals surface area contributed by atoms with E-state index in [0.29, 0.717) is 0 Å². The minimum absolute atomic E-state index is 0.235. The van der Waals surface area contributed by atoms with E-state index in [4.69, 9.17) is 85.3 Å². The second kappa shape index (κ2) is 45.9. The van der Waals surface area contributed by atoms with Crippen molar-refractivity contribution in [3.63, 3.8) is 0 Å². The fourth-order valence-electron chi connectivity index (χ4n) is 15.8. The number of carboxylic acids is 1. The maximum Gasteiger partial charge on any atom is 0.217 e. The van der Waals surface area contributed by atoms with Gasteiger partial charge in [0, 0.05) is 34.1 Å². The predicted octanol–water partition coefficient (Wildman–Crippen LogP) is -23.1. The Kier molecular flexibility index (Phi) is 38.1. The summed E-state index contributed by atoms with van der Waals surface area (Å²) in [5.41, 5.74) is 0. The number of carbonyl (C=O) groups is 6. The molecule has 9 saturated heterocycles. The van der Waals surface area contributed by atoms with Crippen LogP contribution in [0.2, 0.25) is 0 Å². The molecule has 5 amide bonds. The summed E-state index contributed by atoms with van der Waals surface area (Å²) in [6.07, 6.45) is -89.6. The molecule has 125 heavy (non-hydrogen) atoms. The number of carboxylic acid groups (broad SMARTS) is 1. The van der Waals surface area contributed by atoms with Gasteiger partial charge in [0.1, 0.15) is 219 Å². The first-order chi connectivity index (χ1) is 59.1. The molecule has 722 valence electrons. The molecule has 9 rings (SSSR count). The number of hydrogen-bond donors (Lipinski definition) is 31. The average Bonchev–Trinajstić information content (AvgIpc) is 0.761. The monoisotopic (exact) mass is 1830 g/mol. The Labute approximate surface area is 707 Å². The van der Waals surface area contributed by atoms with Crippen molar-refractivity contribution in [3.05, 3.63) is 0 Å². The zero-order valence-corrected chi connectivity index (χ0v) is 67.0. The number of aliphatic hydroxyl groups excluding tert-OH is 26. The molecule has 9 aliphatic rings. The Balaban J connectivity index is 1.01. The summed E-state index contributed by atoms with van der Waals surface area (Å²) in [5.74, 6) is -9.78. The molecule has 0 unspecified atom stereocenters. The van der Waals surface area contributed by atoms with Gasteiger partial charge in [0.25, 0.3) is 0 Å². The van der Waals surface area contributed by atoms with Gasteiger partial charge in [-0.15, -0.1) is 0 Å². The molecular weight excluding hydrogens is 1710 g/mol. The third-order valence-corrected chi connectivity index (χ3v) is 22.3. The van der Waals surface area contributed by atoms with E-state index >= 15 is 0 Å². The molecule has 9 fully saturated rings. The predicted molar refractivity (Wildman–Crippen MR) is 382 cm³/mol. The Bertz CT molecular complexity index is 3400. The molecule has 0 bridgehead atoms. The third kappa shape index (κ3) is 23.6. The standard InChI is InChI=1S/C69H115N5O51/c1-18(85)71-33-23(89)5-69(68(106)107,124-56(33)37(91)24(90)7-76)125-59-40(94)27(10-79)112-67(51(59)105)120-54-30(13-82)115-62(36(44(54)98)74-21(4)88)123-58-41(95)32(16-109-60-34(72-19(2)86)42(96)52(28(11-80)113-60)118-64-47(101)45(99)38(92)25(8-77)110-64)117-66(50(58)104)119-53-29(12-81)114-61(35(43(53)97)73-20(3)87)122-57-39(93)26(9-78)111-65(49(57)103)121-55-31(14-83)116-63(48(102)46(55)100)108-15-22(6-75)70-17-84/h17,22-67,75-83,89-105H,5-16H2,1-4H3,(H,70,84)(H,71,85)(H,72,86)(H,73,87)(H,74,88)(H,106,107)/p-1/t22-,23+,24-,25-,26-,27-,28-,29-,30-,31-,32-,33-,34-,35-,36-,37-,38+,39+,40+,41+,42-,43-,44-,45+,46-,47-,48-,49-,50-,51-,52-,53-,54-,55-,56-,57+,58+,59+,60-,61+,62-,63-,64+,65+,66+,67+,69+/m1/s1. The number of carbonyl (C=O) groups excluding carboxylic acids is 6. The van der Waals surface area contributed by atoms with E-state index in [0.717, 1.165) is 27.7 Å². The molecule has 0 aromatic rings. The van der Waals surface area contributed by atoms with Crippen molar-refractivity contribution in [1.29, 1.82) is 0 Å². The molecule has 0 saturated carbocycles. The Morgan fingerprint density at radius 1 is 0.376 bits per heavy atom. The van der Waals surface area contributed by atoms with Crippen molar-refractivity contribution in [2.75, 3.05) is 72.7 Å². The summed E-state index contributed by atoms with van der Waals surface area (Å²) in [6, 6.07) is -8.91. The first kappa shape index (κ1) is 104. The van der Waals surface area contributed by atoms with Gasteiger partial charge in [0.2, 0.25) is 35.8 Å². The molecule has 0 aromatic carbocycles. The minimum Gasteiger partial charge on any atom is -0.544 e. The topological polar surface area (TPSA) is 878 Å². The molecule has 0 radical (unpaired) electrons. The van der Waals surface area contributed by atoms with Crippen molar-refractivity contribution < 1.29 is 252 Å². The highest BCUT2D eigenvalue weighted by Gasteiger charge is 2.63. The molecule has 0 spiro atoms. The number of aliphatic hydroxyl groups is 26. The fourth-order valence-corrected chi connectivity index (χ4v) is 15.8. The fraction of sp³-hybridized carbons (Fsp3) is 0.913. The SMILES string of the molecule is CC(=O)N[C@H]1[C@H](OC[C@H]2O[C@@H](O[C@H]3[C@H](O)[C@@H](NC(C)=O)[C@H](O[C@H]4[C@@H](O)[C@@H](CO)O[C@@H](O[C@H]5[C@H](O)[C@@H](O)[C@H](OC[C@@H](CO)NC=O)O[C@@H]5CO)[C@@H]4O)O[C@@H]3CO)[C@H](O)[C@@H](O[C@H]3O[C@H](CO)[C@@H](O[C@@H]4O[C@H](CO)[C@H](O)[C@H](O[C@]5(C(=O)[O-])C[C@H](O)[C@@H](NC(C)=O)[C@H]([C@H](O)[C@H](O)CO)O5)[C@H]4O)[C@H](O)[C@H]3NC(C)=O)[C@H]2O)O[C@H](CO)[C@@H](O[C@@H]2O[C@H](CO)[C@H](O)[C@H](O)[C@H]2O)[C@@H]1O. The normalized spacial score (nSPS) is 45.8. The van der Waals surface area contributed by atoms with Crippen LogP contribution in [0.4, 0.5) is 0 Å². The lowest BCUT2D eigenvalue weighted by Gasteiger charge is -2.52. The van der Waals surface area contributed by atoms with Crippen LogP contribution < -0.4 is 31.7 Å². The lowest BCUT2D eigenvalue weighted by atomic mass is 9.88. The van der Waals surface area contributed by atoms with Gasteiger partial charge in [0.15, 0.2) is 50.3 Å². The zero-order valence-electron chi connectivity index (χ0n) is 67.0. The Morgan fingerprint density at radius 3 is 1.11 bits per heavy atom. The van der Waals surface area contributed by atoms with Gasteiger partial charge in [-0.2, -0.15) is 0 Å². The van der Waals surface area contributed by atoms with Crippen LogP contribution in [-0.4, -0.2) is 529 Å². The number of rotatable bonds is 38. The van der Waals surface area contributed by atoms with E-state index < -0.39 is 396 Å². The lowest BCUT2D eigenvalue weighted by molar-refractivity contribution is -0.411. The summed E-state index contributed by atoms with van der Waals surface area (Å²) >= 11 is 0. The highest BCUT2D eigenvalue weighted by Crippen LogP contribution is 2.42. The number of aliphatic carboxylic acids is 1. The van der Waals surface area contributed by atoms with Crippen LogP contribution in [0.1, 0.15) is 34.1 Å². The Morgan fingerprint density at radius 2 is 0.712 bits per heavy atom. The summed E-state index contributed by atoms with van der Waals surface area (Å²) in [6.45, 7) is -8.02. The van der Waals surface area contributed by atoms with Gasteiger partial charge in [0.05, 0.1) is 90.9 Å². The molecule has 0 aromatic heterocycles. The number of nitrogens with one attached hydrogen (secondary N) is 5. The van der Waals surface area contributed by atoms with E-state index in [1.54, 1.807) is 0 Å². The van der Waals surface area contributed by atoms with Crippen LogP contribution in [0.15, 0.2) is 0 Å². The highest BCUT2D eigenvalue weighted by atomic mass is 16.8. The van der Waals surface area contributed by atoms with Crippen molar-refractivity contribution in [1.82, 2.24) is 26.6 Å². The third-order valence-electron chi connectivity index (χ3n) is 22.3. The van der Waals surface area contributed by atoms with E-state index in [-0.39, 0.29) is 6.41 Å². The van der Waals surface area contributed by atoms with Crippen molar-refractivity contribution in [2.45, 2.75) is 322 Å². The van der Waals surface area contributed by atoms with Crippen LogP contribution in [0, 0.1) is 0 Å². The first-order valence-corrected chi connectivity index (χ1v) is 39.5. The van der Waals surface area contributed by atoms with Crippen molar-refractivity contribution in [3.8, 4) is 0 Å². The second-order valence-electron chi connectivity index (χ2n) is 31.0. The molecule has 9 aliphatic heterocycles. The first-order valence-electron chi connectivity index (χ1n) is 39.5. The minimum atomic E-state index is -3.43. The van der Waals surface area contributed by atoms with Crippen LogP contribution in [0.25, 0.3) is 0 Å². The van der Waals surface area contributed by atoms with Gasteiger partial charge < -0.3 is 255 Å². The van der Waals surface area contributed by atoms with Gasteiger partial charge in [-0.1, -0.05) is 0 Å². The van der Waals surface area contributed by atoms with Crippen LogP contribution in [-0.2, 0) is 114 Å². The van der Waals surface area contributed by atoms with Crippen LogP contribution in [0.3, 0.4) is 0 Å². The van der Waals surface area contributed by atoms with E-state index in [1.165, 1.54) is 0 Å². The molecule has 31 N–H and O–H groups in total. The maximum atomic E-state index is 13.3. The second-order valence-corrected chi connectivity index (χ2v) is 31.0. The zero-order chi connectivity index (χ0) is 92.4. The summed E-state index contributed by atoms with van der Waals surface area (Å²) in [5, 5.41) is 314. The molecule has 56 nitrogen and oxygen atoms in total. The smallest absolute Gasteiger partial charge is 0.217 e. The van der Waals surface area contributed by atoms with E-state index in [9.17, 15) is 167 Å². The number of amides is 5. The number of ether oxygens (including phenoxy) is 18. The van der Waals surface area contributed by atoms with Crippen molar-refractivity contribution >= 4 is 36.0 Å². The highest BCUT2D eigenvalue weighted by molar-refractivity contribution is 5.76. The molecular formula is C69H114N5O51-. The maximum absolute atomic E-state index is 13.3. The summed E-state index contributed by atoms with van der Waals surface area (Å²) in [4.78, 5) is 75.8. The van der Waals surface area contributed by atoms with Crippen LogP contribution in [0.5, 0.6) is 0 Å². The summed E-state index contributed by atoms with van der Waals surface area (Å²) in [7, 11) is 0.